The van der Waals surface area contributed by atoms with Crippen molar-refractivity contribution in [3.63, 3.8) is 0 Å². The van der Waals surface area contributed by atoms with Gasteiger partial charge in [0.25, 0.3) is 11.2 Å². The van der Waals surface area contributed by atoms with E-state index in [1.165, 1.54) is 26.2 Å². The molecule has 1 fully saturated rings. The Hall–Kier alpha value is -5.71. The zero-order valence-electron chi connectivity index (χ0n) is 31.0. The Morgan fingerprint density at radius 3 is 2.25 bits per heavy atom. The lowest BCUT2D eigenvalue weighted by atomic mass is 10.0. The number of piperazine rings is 1. The number of carbonyl (C=O) groups excluding carboxylic acids is 1. The predicted octanol–water partition coefficient (Wildman–Crippen LogP) is 6.03. The number of para-hydroxylation sites is 1. The molecule has 0 aliphatic carbocycles. The van der Waals surface area contributed by atoms with E-state index in [1.54, 1.807) is 62.1 Å². The van der Waals surface area contributed by atoms with Gasteiger partial charge in [-0.15, -0.1) is 0 Å². The third kappa shape index (κ3) is 9.51. The zero-order chi connectivity index (χ0) is 40.2. The van der Waals surface area contributed by atoms with Gasteiger partial charge in [-0.05, 0) is 51.5 Å². The first kappa shape index (κ1) is 40.5. The van der Waals surface area contributed by atoms with Crippen LogP contribution in [0.5, 0.6) is 5.75 Å². The Bertz CT molecular complexity index is 2170. The van der Waals surface area contributed by atoms with Crippen molar-refractivity contribution < 1.29 is 36.8 Å². The number of aromatic nitrogens is 2. The van der Waals surface area contributed by atoms with Crippen LogP contribution in [0.4, 0.5) is 33.7 Å². The molecule has 0 saturated carbocycles. The van der Waals surface area contributed by atoms with E-state index in [-0.39, 0.29) is 30.2 Å². The molecule has 1 aromatic heterocycles. The van der Waals surface area contributed by atoms with Gasteiger partial charge in [-0.25, -0.2) is 14.0 Å². The lowest BCUT2D eigenvalue weighted by Gasteiger charge is -2.37. The van der Waals surface area contributed by atoms with Gasteiger partial charge in [0.15, 0.2) is 0 Å². The second-order valence-corrected chi connectivity index (χ2v) is 14.1. The molecule has 55 heavy (non-hydrogen) atoms. The molecular weight excluding hydrogens is 728 g/mol. The molecule has 0 spiro atoms. The second-order valence-electron chi connectivity index (χ2n) is 14.1. The number of hydrogen-bond donors (Lipinski definition) is 1. The summed E-state index contributed by atoms with van der Waals surface area (Å²) in [6, 6.07) is 14.2. The normalized spacial score (nSPS) is 14.4. The highest BCUT2D eigenvalue weighted by atomic mass is 19.4. The Balaban J connectivity index is 1.60. The van der Waals surface area contributed by atoms with Crippen LogP contribution in [-0.4, -0.2) is 63.9 Å². The van der Waals surface area contributed by atoms with E-state index < -0.39 is 70.1 Å². The summed E-state index contributed by atoms with van der Waals surface area (Å²) in [7, 11) is 1.40. The number of rotatable bonds is 11. The number of alkyl halides is 3. The molecule has 1 N–H and O–H groups in total. The Morgan fingerprint density at radius 2 is 1.62 bits per heavy atom. The van der Waals surface area contributed by atoms with E-state index in [0.717, 1.165) is 27.3 Å². The zero-order valence-corrected chi connectivity index (χ0v) is 31.0. The van der Waals surface area contributed by atoms with E-state index in [4.69, 9.17) is 9.47 Å². The summed E-state index contributed by atoms with van der Waals surface area (Å²) in [6.07, 6.45) is -5.82. The number of halogens is 4. The SMILES string of the molecule is COc1ccccc1C(Cn1c(=O)c(N2CCN(Cc3cccc([N+](=O)[O-])c3)CC2)c(C)n(Cc2c(F)cccc2C(F)(F)F)c1=O)NC(=O)OC(C)(C)C. The molecule has 17 heteroatoms. The van der Waals surface area contributed by atoms with Gasteiger partial charge in [0, 0.05) is 61.7 Å². The second kappa shape index (κ2) is 16.3. The van der Waals surface area contributed by atoms with Crippen LogP contribution in [0.3, 0.4) is 0 Å². The molecule has 1 saturated heterocycles. The number of nitro benzene ring substituents is 1. The van der Waals surface area contributed by atoms with Crippen molar-refractivity contribution >= 4 is 17.5 Å². The number of anilines is 1. The number of benzene rings is 3. The van der Waals surface area contributed by atoms with Crippen LogP contribution >= 0.6 is 0 Å². The average molecular weight is 771 g/mol. The van der Waals surface area contributed by atoms with E-state index in [1.807, 2.05) is 4.90 Å². The van der Waals surface area contributed by atoms with Crippen molar-refractivity contribution in [3.8, 4) is 5.75 Å². The number of non-ortho nitro benzene ring substituents is 1. The van der Waals surface area contributed by atoms with Gasteiger partial charge in [0.05, 0.1) is 36.7 Å². The number of nitro groups is 1. The minimum atomic E-state index is -4.95. The Kier molecular flexibility index (Phi) is 12.0. The highest BCUT2D eigenvalue weighted by Gasteiger charge is 2.36. The monoisotopic (exact) mass is 770 g/mol. The first-order valence-corrected chi connectivity index (χ1v) is 17.4. The summed E-state index contributed by atoms with van der Waals surface area (Å²) < 4.78 is 70.4. The third-order valence-corrected chi connectivity index (χ3v) is 9.18. The van der Waals surface area contributed by atoms with Gasteiger partial charge in [0.1, 0.15) is 22.9 Å². The number of hydrogen-bond acceptors (Lipinski definition) is 9. The van der Waals surface area contributed by atoms with Crippen LogP contribution in [-0.2, 0) is 30.5 Å². The fourth-order valence-corrected chi connectivity index (χ4v) is 6.61. The van der Waals surface area contributed by atoms with E-state index >= 15 is 4.39 Å². The lowest BCUT2D eigenvalue weighted by Crippen LogP contribution is -2.52. The molecule has 5 rings (SSSR count). The van der Waals surface area contributed by atoms with Crippen LogP contribution in [0.15, 0.2) is 76.3 Å². The van der Waals surface area contributed by atoms with Crippen molar-refractivity contribution in [3.05, 3.63) is 131 Å². The minimum absolute atomic E-state index is 0.00976. The van der Waals surface area contributed by atoms with Crippen LogP contribution < -0.4 is 26.2 Å². The van der Waals surface area contributed by atoms with Gasteiger partial charge in [-0.2, -0.15) is 13.2 Å². The molecule has 4 aromatic rings. The fourth-order valence-electron chi connectivity index (χ4n) is 6.61. The van der Waals surface area contributed by atoms with Crippen molar-refractivity contribution in [2.24, 2.45) is 0 Å². The number of nitrogens with one attached hydrogen (secondary N) is 1. The van der Waals surface area contributed by atoms with Gasteiger partial charge in [0.2, 0.25) is 0 Å². The molecule has 0 radical (unpaired) electrons. The lowest BCUT2D eigenvalue weighted by molar-refractivity contribution is -0.384. The minimum Gasteiger partial charge on any atom is -0.496 e. The van der Waals surface area contributed by atoms with Crippen molar-refractivity contribution in [2.45, 2.75) is 65.1 Å². The Labute approximate surface area is 313 Å². The summed E-state index contributed by atoms with van der Waals surface area (Å²) >= 11 is 0. The first-order chi connectivity index (χ1) is 25.9. The number of alkyl carbamates (subject to hydrolysis) is 1. The summed E-state index contributed by atoms with van der Waals surface area (Å²) in [4.78, 5) is 56.5. The molecule has 1 unspecified atom stereocenters. The van der Waals surface area contributed by atoms with Gasteiger partial charge >= 0.3 is 18.0 Å². The van der Waals surface area contributed by atoms with Crippen molar-refractivity contribution in [2.75, 3.05) is 38.2 Å². The highest BCUT2D eigenvalue weighted by Crippen LogP contribution is 2.34. The maximum absolute atomic E-state index is 15.2. The van der Waals surface area contributed by atoms with E-state index in [9.17, 15) is 37.7 Å². The maximum Gasteiger partial charge on any atom is 0.416 e. The first-order valence-electron chi connectivity index (χ1n) is 17.4. The van der Waals surface area contributed by atoms with Gasteiger partial charge in [-0.3, -0.25) is 28.9 Å². The molecule has 1 atom stereocenters. The number of methoxy groups -OCH3 is 1. The van der Waals surface area contributed by atoms with Gasteiger partial charge in [-0.1, -0.05) is 36.4 Å². The molecule has 2 heterocycles. The quantitative estimate of drug-likeness (QED) is 0.110. The largest absolute Gasteiger partial charge is 0.496 e. The number of ether oxygens (including phenoxy) is 2. The van der Waals surface area contributed by atoms with Crippen LogP contribution in [0.2, 0.25) is 0 Å². The van der Waals surface area contributed by atoms with E-state index in [0.29, 0.717) is 36.5 Å². The Morgan fingerprint density at radius 1 is 0.945 bits per heavy atom. The number of nitrogens with zero attached hydrogens (tertiary/aromatic N) is 5. The summed E-state index contributed by atoms with van der Waals surface area (Å²) in [5, 5.41) is 14.0. The summed E-state index contributed by atoms with van der Waals surface area (Å²) in [6.45, 7) is 6.65. The van der Waals surface area contributed by atoms with Crippen LogP contribution in [0.25, 0.3) is 0 Å². The molecule has 0 bridgehead atoms. The highest BCUT2D eigenvalue weighted by molar-refractivity contribution is 5.68. The number of amides is 1. The predicted molar refractivity (Wildman–Crippen MR) is 196 cm³/mol. The van der Waals surface area contributed by atoms with Crippen LogP contribution in [0, 0.1) is 22.9 Å². The summed E-state index contributed by atoms with van der Waals surface area (Å²) in [5.74, 6) is -0.876. The standard InChI is InChI=1S/C38H42F4N6O7/c1-24-33(45-18-16-44(17-19-45)21-25-10-8-11-26(20-25)48(52)53)34(49)47(36(51)46(24)22-28-29(38(40,41)42)13-9-14-30(28)39)23-31(43-35(50)55-37(2,3)4)27-12-6-7-15-32(27)54-5/h6-15,20,31H,16-19,21-23H2,1-5H3,(H,43,50). The van der Waals surface area contributed by atoms with Gasteiger partial charge < -0.3 is 19.7 Å². The molecule has 294 valence electrons. The molecule has 1 aliphatic rings. The average Bonchev–Trinajstić information content (AvgIpc) is 3.11. The third-order valence-electron chi connectivity index (χ3n) is 9.18. The van der Waals surface area contributed by atoms with Crippen molar-refractivity contribution in [1.82, 2.24) is 19.4 Å². The summed E-state index contributed by atoms with van der Waals surface area (Å²) in [5.41, 5.74) is -3.72. The maximum atomic E-state index is 15.2. The molecular formula is C38H42F4N6O7. The fraction of sp³-hybridized carbons (Fsp3) is 0.395. The smallest absolute Gasteiger partial charge is 0.416 e. The van der Waals surface area contributed by atoms with Crippen LogP contribution in [0.1, 0.15) is 54.8 Å². The number of carbonyl (C=O) groups is 1. The topological polar surface area (TPSA) is 141 Å². The molecule has 13 nitrogen and oxygen atoms in total. The van der Waals surface area contributed by atoms with Crippen molar-refractivity contribution in [1.29, 1.82) is 0 Å². The molecule has 1 amide bonds. The molecule has 3 aromatic carbocycles. The van der Waals surface area contributed by atoms with E-state index in [2.05, 4.69) is 5.32 Å². The molecule has 1 aliphatic heterocycles.